The molecular weight excluding hydrogens is 344 g/mol. The minimum atomic E-state index is -0.442. The van der Waals surface area contributed by atoms with Gasteiger partial charge in [0.1, 0.15) is 11.8 Å². The van der Waals surface area contributed by atoms with Crippen LogP contribution in [0.25, 0.3) is 0 Å². The molecule has 2 aromatic heterocycles. The zero-order valence-electron chi connectivity index (χ0n) is 14.1. The fourth-order valence-electron chi connectivity index (χ4n) is 3.12. The first kappa shape index (κ1) is 17.4. The molecule has 1 aliphatic rings. The van der Waals surface area contributed by atoms with Gasteiger partial charge in [0.25, 0.3) is 0 Å². The molecule has 2 atom stereocenters. The van der Waals surface area contributed by atoms with Gasteiger partial charge in [-0.25, -0.2) is 4.98 Å². The van der Waals surface area contributed by atoms with E-state index in [0.717, 1.165) is 5.56 Å². The summed E-state index contributed by atoms with van der Waals surface area (Å²) >= 11 is 6.00. The molecule has 1 fully saturated rings. The standard InChI is InChI=1S/C17H19ClN4O3/c1-21-9-12(8-20-21)15-13(5-6-14(23)22(15)2)17(24)25-10-11-4-3-7-19-16(11)18/h3-4,7-9,13,15H,5-6,10H2,1-2H3/t13-,15+/m0/s1. The van der Waals surface area contributed by atoms with E-state index in [4.69, 9.17) is 16.3 Å². The molecule has 8 heteroatoms. The SMILES string of the molecule is CN1C(=O)CC[C@H](C(=O)OCc2cccnc2Cl)[C@H]1c1cnn(C)c1. The van der Waals surface area contributed by atoms with Gasteiger partial charge < -0.3 is 9.64 Å². The van der Waals surface area contributed by atoms with Gasteiger partial charge in [-0.15, -0.1) is 0 Å². The van der Waals surface area contributed by atoms with Crippen LogP contribution in [0.2, 0.25) is 5.15 Å². The topological polar surface area (TPSA) is 77.3 Å². The van der Waals surface area contributed by atoms with Crippen LogP contribution in [0.3, 0.4) is 0 Å². The van der Waals surface area contributed by atoms with E-state index in [9.17, 15) is 9.59 Å². The van der Waals surface area contributed by atoms with E-state index in [1.54, 1.807) is 48.2 Å². The number of piperidine rings is 1. The molecule has 2 aromatic rings. The van der Waals surface area contributed by atoms with E-state index in [-0.39, 0.29) is 24.5 Å². The number of rotatable bonds is 4. The fourth-order valence-corrected chi connectivity index (χ4v) is 3.29. The number of pyridine rings is 1. The summed E-state index contributed by atoms with van der Waals surface area (Å²) < 4.78 is 7.11. The van der Waals surface area contributed by atoms with Crippen LogP contribution < -0.4 is 0 Å². The lowest BCUT2D eigenvalue weighted by Crippen LogP contribution is -2.43. The molecule has 1 amide bonds. The van der Waals surface area contributed by atoms with Gasteiger partial charge in [-0.3, -0.25) is 14.3 Å². The number of aryl methyl sites for hydroxylation is 1. The molecule has 0 N–H and O–H groups in total. The van der Waals surface area contributed by atoms with Gasteiger partial charge in [-0.05, 0) is 12.5 Å². The molecule has 0 bridgehead atoms. The van der Waals surface area contributed by atoms with Crippen molar-refractivity contribution in [2.45, 2.75) is 25.5 Å². The monoisotopic (exact) mass is 362 g/mol. The van der Waals surface area contributed by atoms with Crippen LogP contribution in [0, 0.1) is 5.92 Å². The highest BCUT2D eigenvalue weighted by Crippen LogP contribution is 2.36. The first-order valence-corrected chi connectivity index (χ1v) is 8.35. The van der Waals surface area contributed by atoms with Crippen LogP contribution >= 0.6 is 11.6 Å². The van der Waals surface area contributed by atoms with Crippen molar-refractivity contribution in [1.29, 1.82) is 0 Å². The number of likely N-dealkylation sites (tertiary alicyclic amines) is 1. The molecule has 25 heavy (non-hydrogen) atoms. The second kappa shape index (κ2) is 7.23. The highest BCUT2D eigenvalue weighted by molar-refractivity contribution is 6.30. The summed E-state index contributed by atoms with van der Waals surface area (Å²) in [5.41, 5.74) is 1.47. The van der Waals surface area contributed by atoms with Gasteiger partial charge in [-0.2, -0.15) is 5.10 Å². The number of ether oxygens (including phenoxy) is 1. The number of hydrogen-bond acceptors (Lipinski definition) is 5. The summed E-state index contributed by atoms with van der Waals surface area (Å²) in [4.78, 5) is 30.3. The molecule has 0 unspecified atom stereocenters. The molecule has 1 aliphatic heterocycles. The molecule has 3 heterocycles. The minimum absolute atomic E-state index is 0.00760. The van der Waals surface area contributed by atoms with Gasteiger partial charge in [0.2, 0.25) is 5.91 Å². The van der Waals surface area contributed by atoms with Crippen molar-refractivity contribution in [2.75, 3.05) is 7.05 Å². The molecule has 0 aromatic carbocycles. The van der Waals surface area contributed by atoms with E-state index in [1.165, 1.54) is 0 Å². The third kappa shape index (κ3) is 3.66. The molecule has 3 rings (SSSR count). The Kier molecular flexibility index (Phi) is 5.03. The molecular formula is C17H19ClN4O3. The van der Waals surface area contributed by atoms with Crippen molar-refractivity contribution in [3.63, 3.8) is 0 Å². The summed E-state index contributed by atoms with van der Waals surface area (Å²) in [5, 5.41) is 4.47. The zero-order valence-corrected chi connectivity index (χ0v) is 14.8. The Morgan fingerprint density at radius 2 is 2.24 bits per heavy atom. The quantitative estimate of drug-likeness (QED) is 0.615. The Morgan fingerprint density at radius 1 is 1.44 bits per heavy atom. The van der Waals surface area contributed by atoms with Crippen LogP contribution in [0.1, 0.15) is 30.0 Å². The summed E-state index contributed by atoms with van der Waals surface area (Å²) in [5.74, 6) is -0.788. The van der Waals surface area contributed by atoms with Crippen molar-refractivity contribution < 1.29 is 14.3 Å². The first-order valence-electron chi connectivity index (χ1n) is 7.97. The van der Waals surface area contributed by atoms with Gasteiger partial charge >= 0.3 is 5.97 Å². The van der Waals surface area contributed by atoms with E-state index in [1.807, 2.05) is 6.20 Å². The van der Waals surface area contributed by atoms with Crippen molar-refractivity contribution in [1.82, 2.24) is 19.7 Å². The number of carbonyl (C=O) groups excluding carboxylic acids is 2. The fraction of sp³-hybridized carbons (Fsp3) is 0.412. The predicted octanol–water partition coefficient (Wildman–Crippen LogP) is 2.12. The third-order valence-corrected chi connectivity index (χ3v) is 4.78. The minimum Gasteiger partial charge on any atom is -0.460 e. The van der Waals surface area contributed by atoms with Gasteiger partial charge in [-0.1, -0.05) is 17.7 Å². The molecule has 1 saturated heterocycles. The normalized spacial score (nSPS) is 20.6. The molecule has 0 aliphatic carbocycles. The Morgan fingerprint density at radius 3 is 2.92 bits per heavy atom. The lowest BCUT2D eigenvalue weighted by molar-refractivity contribution is -0.157. The maximum Gasteiger partial charge on any atom is 0.311 e. The first-order chi connectivity index (χ1) is 12.0. The van der Waals surface area contributed by atoms with Gasteiger partial charge in [0.05, 0.1) is 18.2 Å². The molecule has 132 valence electrons. The maximum absolute atomic E-state index is 12.7. The van der Waals surface area contributed by atoms with Crippen LogP contribution in [0.5, 0.6) is 0 Å². The molecule has 0 saturated carbocycles. The lowest BCUT2D eigenvalue weighted by atomic mass is 9.86. The predicted molar refractivity (Wildman–Crippen MR) is 90.5 cm³/mol. The molecule has 0 spiro atoms. The summed E-state index contributed by atoms with van der Waals surface area (Å²) in [7, 11) is 3.50. The number of hydrogen-bond donors (Lipinski definition) is 0. The number of carbonyl (C=O) groups is 2. The highest BCUT2D eigenvalue weighted by atomic mass is 35.5. The van der Waals surface area contributed by atoms with Crippen molar-refractivity contribution >= 4 is 23.5 Å². The average molecular weight is 363 g/mol. The van der Waals surface area contributed by atoms with E-state index in [0.29, 0.717) is 23.6 Å². The Balaban J connectivity index is 1.77. The van der Waals surface area contributed by atoms with Crippen LogP contribution in [-0.2, 0) is 28.0 Å². The number of amides is 1. The third-order valence-electron chi connectivity index (χ3n) is 4.44. The molecule has 7 nitrogen and oxygen atoms in total. The number of aromatic nitrogens is 3. The van der Waals surface area contributed by atoms with Crippen LogP contribution in [-0.4, -0.2) is 38.6 Å². The van der Waals surface area contributed by atoms with E-state index in [2.05, 4.69) is 10.1 Å². The Hall–Kier alpha value is -2.41. The lowest BCUT2D eigenvalue weighted by Gasteiger charge is -2.37. The number of halogens is 1. The second-order valence-electron chi connectivity index (χ2n) is 6.10. The van der Waals surface area contributed by atoms with Crippen molar-refractivity contribution in [2.24, 2.45) is 13.0 Å². The zero-order chi connectivity index (χ0) is 18.0. The van der Waals surface area contributed by atoms with Crippen LogP contribution in [0.15, 0.2) is 30.7 Å². The van der Waals surface area contributed by atoms with E-state index >= 15 is 0 Å². The summed E-state index contributed by atoms with van der Waals surface area (Å²) in [6.07, 6.45) is 5.84. The summed E-state index contributed by atoms with van der Waals surface area (Å²) in [6.45, 7) is 0.0550. The summed E-state index contributed by atoms with van der Waals surface area (Å²) in [6, 6.07) is 3.12. The Bertz CT molecular complexity index is 792. The number of nitrogens with zero attached hydrogens (tertiary/aromatic N) is 4. The number of esters is 1. The second-order valence-corrected chi connectivity index (χ2v) is 6.46. The van der Waals surface area contributed by atoms with Crippen LogP contribution in [0.4, 0.5) is 0 Å². The smallest absolute Gasteiger partial charge is 0.311 e. The largest absolute Gasteiger partial charge is 0.460 e. The highest BCUT2D eigenvalue weighted by Gasteiger charge is 2.40. The molecule has 0 radical (unpaired) electrons. The van der Waals surface area contributed by atoms with Crippen molar-refractivity contribution in [3.05, 3.63) is 47.0 Å². The maximum atomic E-state index is 12.7. The average Bonchev–Trinajstić information content (AvgIpc) is 3.02. The van der Waals surface area contributed by atoms with E-state index < -0.39 is 5.92 Å². The van der Waals surface area contributed by atoms with Crippen molar-refractivity contribution in [3.8, 4) is 0 Å². The van der Waals surface area contributed by atoms with Gasteiger partial charge in [0.15, 0.2) is 0 Å². The van der Waals surface area contributed by atoms with Gasteiger partial charge in [0, 0.05) is 44.0 Å². The Labute approximate surface area is 150 Å².